The van der Waals surface area contributed by atoms with Crippen LogP contribution in [0.15, 0.2) is 21.8 Å². The molecule has 27 heavy (non-hydrogen) atoms. The van der Waals surface area contributed by atoms with Gasteiger partial charge in [0.15, 0.2) is 5.96 Å². The Kier molecular flexibility index (Phi) is 9.02. The molecule has 2 rings (SSSR count). The molecule has 0 bridgehead atoms. The van der Waals surface area contributed by atoms with Crippen molar-refractivity contribution in [3.8, 4) is 0 Å². The Labute approximate surface area is 161 Å². The molecule has 1 fully saturated rings. The molecule has 0 aromatic carbocycles. The Hall–Kier alpha value is -1.65. The SMILES string of the molecule is CCNC(=NCCCCCOC)N1CCN(S(=O)(=O)Cc2ccon2)CC1. The molecule has 154 valence electrons. The number of aromatic nitrogens is 1. The number of methoxy groups -OCH3 is 1. The second-order valence-corrected chi connectivity index (χ2v) is 8.39. The van der Waals surface area contributed by atoms with Gasteiger partial charge in [-0.1, -0.05) is 5.16 Å². The summed E-state index contributed by atoms with van der Waals surface area (Å²) in [6.07, 6.45) is 4.54. The van der Waals surface area contributed by atoms with Crippen LogP contribution in [0.25, 0.3) is 0 Å². The zero-order chi connectivity index (χ0) is 19.5. The van der Waals surface area contributed by atoms with Crippen molar-refractivity contribution in [3.05, 3.63) is 18.0 Å². The van der Waals surface area contributed by atoms with Crippen molar-refractivity contribution in [2.45, 2.75) is 31.9 Å². The number of rotatable bonds is 10. The molecule has 0 atom stereocenters. The first-order valence-corrected chi connectivity index (χ1v) is 11.1. The number of sulfonamides is 1. The van der Waals surface area contributed by atoms with E-state index in [0.29, 0.717) is 31.9 Å². The number of hydrogen-bond donors (Lipinski definition) is 1. The molecule has 1 N–H and O–H groups in total. The minimum Gasteiger partial charge on any atom is -0.385 e. The minimum atomic E-state index is -3.39. The number of hydrogen-bond acceptors (Lipinski definition) is 6. The van der Waals surface area contributed by atoms with Gasteiger partial charge in [0.25, 0.3) is 0 Å². The van der Waals surface area contributed by atoms with Gasteiger partial charge in [-0.25, -0.2) is 8.42 Å². The smallest absolute Gasteiger partial charge is 0.220 e. The van der Waals surface area contributed by atoms with Crippen LogP contribution in [-0.2, 0) is 20.5 Å². The Morgan fingerprint density at radius 3 is 2.70 bits per heavy atom. The van der Waals surface area contributed by atoms with Gasteiger partial charge in [0.05, 0.1) is 5.69 Å². The van der Waals surface area contributed by atoms with Crippen LogP contribution in [0.5, 0.6) is 0 Å². The van der Waals surface area contributed by atoms with E-state index in [-0.39, 0.29) is 5.75 Å². The number of guanidine groups is 1. The van der Waals surface area contributed by atoms with E-state index >= 15 is 0 Å². The molecule has 1 aliphatic rings. The predicted octanol–water partition coefficient (Wildman–Crippen LogP) is 0.904. The lowest BCUT2D eigenvalue weighted by molar-refractivity contribution is 0.192. The van der Waals surface area contributed by atoms with Gasteiger partial charge in [-0.2, -0.15) is 4.31 Å². The Balaban J connectivity index is 1.83. The lowest BCUT2D eigenvalue weighted by Crippen LogP contribution is -2.53. The van der Waals surface area contributed by atoms with Crippen LogP contribution in [0, 0.1) is 0 Å². The summed E-state index contributed by atoms with van der Waals surface area (Å²) in [5.74, 6) is 0.733. The molecule has 1 aliphatic heterocycles. The fourth-order valence-corrected chi connectivity index (χ4v) is 4.34. The summed E-state index contributed by atoms with van der Waals surface area (Å²) in [5.41, 5.74) is 0.431. The maximum absolute atomic E-state index is 12.5. The van der Waals surface area contributed by atoms with Crippen LogP contribution < -0.4 is 5.32 Å². The number of ether oxygens (including phenoxy) is 1. The van der Waals surface area contributed by atoms with Crippen LogP contribution >= 0.6 is 0 Å². The van der Waals surface area contributed by atoms with Gasteiger partial charge in [0, 0.05) is 59.1 Å². The van der Waals surface area contributed by atoms with Gasteiger partial charge in [0.1, 0.15) is 12.0 Å². The second-order valence-electron chi connectivity index (χ2n) is 6.42. The molecule has 2 heterocycles. The fourth-order valence-electron chi connectivity index (χ4n) is 2.91. The molecular weight excluding hydrogens is 370 g/mol. The standard InChI is InChI=1S/C17H31N5O4S/c1-3-18-17(19-8-5-4-6-13-25-2)21-9-11-22(12-10-21)27(23,24)15-16-7-14-26-20-16/h7,14H,3-6,8-13,15H2,1-2H3,(H,18,19). The summed E-state index contributed by atoms with van der Waals surface area (Å²) in [7, 11) is -1.67. The maximum atomic E-state index is 12.5. The quantitative estimate of drug-likeness (QED) is 0.353. The van der Waals surface area contributed by atoms with Crippen molar-refractivity contribution >= 4 is 16.0 Å². The highest BCUT2D eigenvalue weighted by Gasteiger charge is 2.28. The molecule has 10 heteroatoms. The second kappa shape index (κ2) is 11.3. The third kappa shape index (κ3) is 7.11. The summed E-state index contributed by atoms with van der Waals surface area (Å²) in [4.78, 5) is 6.81. The van der Waals surface area contributed by atoms with Gasteiger partial charge in [-0.3, -0.25) is 4.99 Å². The van der Waals surface area contributed by atoms with Gasteiger partial charge >= 0.3 is 0 Å². The highest BCUT2D eigenvalue weighted by Crippen LogP contribution is 2.13. The minimum absolute atomic E-state index is 0.126. The Morgan fingerprint density at radius 1 is 1.30 bits per heavy atom. The number of nitrogens with zero attached hydrogens (tertiary/aromatic N) is 4. The van der Waals surface area contributed by atoms with E-state index in [0.717, 1.165) is 44.9 Å². The van der Waals surface area contributed by atoms with Crippen molar-refractivity contribution in [1.29, 1.82) is 0 Å². The maximum Gasteiger partial charge on any atom is 0.220 e. The molecule has 1 aromatic rings. The molecule has 1 saturated heterocycles. The van der Waals surface area contributed by atoms with E-state index in [1.165, 1.54) is 10.6 Å². The lowest BCUT2D eigenvalue weighted by atomic mass is 10.2. The van der Waals surface area contributed by atoms with Crippen molar-refractivity contribution in [1.82, 2.24) is 19.7 Å². The summed E-state index contributed by atoms with van der Waals surface area (Å²) >= 11 is 0. The first kappa shape index (κ1) is 21.6. The number of unbranched alkanes of at least 4 members (excludes halogenated alkanes) is 2. The molecule has 0 spiro atoms. The molecule has 9 nitrogen and oxygen atoms in total. The third-order valence-corrected chi connectivity index (χ3v) is 6.17. The van der Waals surface area contributed by atoms with Crippen molar-refractivity contribution in [2.75, 3.05) is 53.0 Å². The van der Waals surface area contributed by atoms with E-state index in [1.807, 2.05) is 6.92 Å². The topological polar surface area (TPSA) is 100 Å². The first-order valence-electron chi connectivity index (χ1n) is 9.46. The molecule has 1 aromatic heterocycles. The monoisotopic (exact) mass is 401 g/mol. The first-order chi connectivity index (χ1) is 13.1. The average molecular weight is 402 g/mol. The van der Waals surface area contributed by atoms with E-state index in [1.54, 1.807) is 13.2 Å². The van der Waals surface area contributed by atoms with Gasteiger partial charge in [0.2, 0.25) is 10.0 Å². The largest absolute Gasteiger partial charge is 0.385 e. The lowest BCUT2D eigenvalue weighted by Gasteiger charge is -2.35. The molecule has 0 radical (unpaired) electrons. The molecule has 0 unspecified atom stereocenters. The Morgan fingerprint density at radius 2 is 2.07 bits per heavy atom. The normalized spacial score (nSPS) is 16.7. The van der Waals surface area contributed by atoms with Crippen molar-refractivity contribution < 1.29 is 17.7 Å². The van der Waals surface area contributed by atoms with Gasteiger partial charge in [-0.15, -0.1) is 0 Å². The van der Waals surface area contributed by atoms with Crippen LogP contribution in [0.4, 0.5) is 0 Å². The summed E-state index contributed by atoms with van der Waals surface area (Å²) in [6, 6.07) is 1.58. The van der Waals surface area contributed by atoms with Crippen LogP contribution in [0.2, 0.25) is 0 Å². The van der Waals surface area contributed by atoms with Crippen LogP contribution in [0.1, 0.15) is 31.9 Å². The summed E-state index contributed by atoms with van der Waals surface area (Å²) in [5, 5.41) is 7.00. The average Bonchev–Trinajstić information content (AvgIpc) is 3.16. The van der Waals surface area contributed by atoms with E-state index in [4.69, 9.17) is 9.26 Å². The zero-order valence-corrected chi connectivity index (χ0v) is 17.1. The summed E-state index contributed by atoms with van der Waals surface area (Å²) < 4.78 is 36.3. The number of nitrogens with one attached hydrogen (secondary N) is 1. The summed E-state index contributed by atoms with van der Waals surface area (Å²) in [6.45, 7) is 6.49. The molecule has 0 aliphatic carbocycles. The van der Waals surface area contributed by atoms with Crippen molar-refractivity contribution in [3.63, 3.8) is 0 Å². The van der Waals surface area contributed by atoms with E-state index in [9.17, 15) is 8.42 Å². The van der Waals surface area contributed by atoms with Crippen LogP contribution in [0.3, 0.4) is 0 Å². The highest BCUT2D eigenvalue weighted by molar-refractivity contribution is 7.88. The van der Waals surface area contributed by atoms with Gasteiger partial charge in [-0.05, 0) is 26.2 Å². The van der Waals surface area contributed by atoms with E-state index in [2.05, 4.69) is 20.4 Å². The Bertz CT molecular complexity index is 655. The van der Waals surface area contributed by atoms with Gasteiger partial charge < -0.3 is 19.5 Å². The highest BCUT2D eigenvalue weighted by atomic mass is 32.2. The van der Waals surface area contributed by atoms with Crippen LogP contribution in [-0.4, -0.2) is 81.7 Å². The number of piperazine rings is 1. The third-order valence-electron chi connectivity index (χ3n) is 4.36. The molecular formula is C17H31N5O4S. The predicted molar refractivity (Wildman–Crippen MR) is 104 cm³/mol. The zero-order valence-electron chi connectivity index (χ0n) is 16.3. The number of aliphatic imine (C=N–C) groups is 1. The fraction of sp³-hybridized carbons (Fsp3) is 0.765. The molecule has 0 amide bonds. The molecule has 0 saturated carbocycles. The van der Waals surface area contributed by atoms with E-state index < -0.39 is 10.0 Å². The van der Waals surface area contributed by atoms with Crippen molar-refractivity contribution in [2.24, 2.45) is 4.99 Å².